The van der Waals surface area contributed by atoms with Gasteiger partial charge in [0, 0.05) is 42.1 Å². The third kappa shape index (κ3) is 17.4. The molecule has 0 heterocycles. The molecule has 0 nitrogen and oxygen atoms in total. The maximum atomic E-state index is 3.62. The predicted molar refractivity (Wildman–Crippen MR) is 93.2 cm³/mol. The highest BCUT2D eigenvalue weighted by molar-refractivity contribution is 15.0. The Morgan fingerprint density at radius 1 is 1.00 bits per heavy atom. The average molecular weight is 450 g/mol. The highest BCUT2D eigenvalue weighted by Gasteiger charge is 1.82. The molecule has 0 saturated carbocycles. The number of halogens is 2. The van der Waals surface area contributed by atoms with E-state index < -0.39 is 0 Å². The number of thioether (sulfide) groups is 1. The molecule has 0 aromatic heterocycles. The molecule has 0 spiro atoms. The highest BCUT2D eigenvalue weighted by Crippen LogP contribution is 2.16. The molecule has 3 heteroatoms. The van der Waals surface area contributed by atoms with Crippen LogP contribution in [0.1, 0.15) is 27.7 Å². The maximum Gasteiger partial charge on any atom is 0.0116 e. The largest absolute Gasteiger partial charge is 0.0987 e. The molecule has 0 fully saturated rings. The molecule has 0 N–H and O–H groups in total. The van der Waals surface area contributed by atoms with Crippen molar-refractivity contribution in [3.8, 4) is 0 Å². The SMILES string of the molecule is C=CSc1ccccc1.CC.CC.II. The van der Waals surface area contributed by atoms with Crippen molar-refractivity contribution in [1.82, 2.24) is 0 Å². The van der Waals surface area contributed by atoms with E-state index in [0.29, 0.717) is 0 Å². The lowest BCUT2D eigenvalue weighted by Crippen LogP contribution is -1.62. The third-order valence-corrected chi connectivity index (χ3v) is 1.67. The van der Waals surface area contributed by atoms with Crippen LogP contribution in [0, 0.1) is 0 Å². The van der Waals surface area contributed by atoms with Gasteiger partial charge in [0.25, 0.3) is 0 Å². The minimum absolute atomic E-state index is 1.24. The Kier molecular flexibility index (Phi) is 34.0. The quantitative estimate of drug-likeness (QED) is 0.355. The fourth-order valence-electron chi connectivity index (χ4n) is 0.595. The molecule has 0 aliphatic carbocycles. The van der Waals surface area contributed by atoms with E-state index in [1.165, 1.54) is 4.90 Å². The third-order valence-electron chi connectivity index (χ3n) is 0.963. The van der Waals surface area contributed by atoms with Crippen molar-refractivity contribution in [3.63, 3.8) is 0 Å². The highest BCUT2D eigenvalue weighted by atomic mass is 128. The van der Waals surface area contributed by atoms with Crippen LogP contribution in [0.25, 0.3) is 0 Å². The Hall–Kier alpha value is 0.770. The topological polar surface area (TPSA) is 0 Å². The molecule has 1 aromatic carbocycles. The molecule has 0 atom stereocenters. The first-order valence-corrected chi connectivity index (χ1v) is 12.1. The molecule has 0 amide bonds. The van der Waals surface area contributed by atoms with Gasteiger partial charge in [0.15, 0.2) is 0 Å². The van der Waals surface area contributed by atoms with Gasteiger partial charge >= 0.3 is 0 Å². The number of hydrogen-bond donors (Lipinski definition) is 0. The molecular formula is C12H20I2S. The Labute approximate surface area is 123 Å². The van der Waals surface area contributed by atoms with E-state index in [0.717, 1.165) is 0 Å². The second-order valence-corrected chi connectivity index (χ2v) is 2.64. The van der Waals surface area contributed by atoms with Gasteiger partial charge in [0.1, 0.15) is 0 Å². The number of hydrogen-bond acceptors (Lipinski definition) is 1. The van der Waals surface area contributed by atoms with Crippen LogP contribution in [-0.4, -0.2) is 0 Å². The predicted octanol–water partition coefficient (Wildman–Crippen LogP) is 6.75. The summed E-state index contributed by atoms with van der Waals surface area (Å²) in [5.74, 6) is 0. The summed E-state index contributed by atoms with van der Waals surface area (Å²) in [7, 11) is 0. The Balaban J connectivity index is -0.000000208. The van der Waals surface area contributed by atoms with Crippen LogP contribution in [0.5, 0.6) is 0 Å². The van der Waals surface area contributed by atoms with Crippen molar-refractivity contribution in [3.05, 3.63) is 42.3 Å². The van der Waals surface area contributed by atoms with Gasteiger partial charge in [0.2, 0.25) is 0 Å². The van der Waals surface area contributed by atoms with E-state index in [1.54, 1.807) is 11.8 Å². The number of rotatable bonds is 2. The van der Waals surface area contributed by atoms with Crippen molar-refractivity contribution in [2.45, 2.75) is 32.6 Å². The van der Waals surface area contributed by atoms with Crippen molar-refractivity contribution in [2.75, 3.05) is 0 Å². The first-order valence-electron chi connectivity index (χ1n) is 4.90. The molecular weight excluding hydrogens is 430 g/mol. The average Bonchev–Trinajstić information content (AvgIpc) is 2.38. The fraction of sp³-hybridized carbons (Fsp3) is 0.333. The number of benzene rings is 1. The minimum atomic E-state index is 1.24. The lowest BCUT2D eigenvalue weighted by Gasteiger charge is -1.90. The summed E-state index contributed by atoms with van der Waals surface area (Å²) in [6, 6.07) is 10.2. The van der Waals surface area contributed by atoms with Gasteiger partial charge in [-0.1, -0.05) is 64.2 Å². The zero-order valence-electron chi connectivity index (χ0n) is 9.84. The van der Waals surface area contributed by atoms with Gasteiger partial charge in [-0.3, -0.25) is 0 Å². The van der Waals surface area contributed by atoms with Crippen molar-refractivity contribution in [1.29, 1.82) is 0 Å². The van der Waals surface area contributed by atoms with Gasteiger partial charge in [-0.2, -0.15) is 0 Å². The van der Waals surface area contributed by atoms with Crippen molar-refractivity contribution >= 4 is 49.0 Å². The van der Waals surface area contributed by atoms with Gasteiger partial charge in [-0.15, -0.1) is 0 Å². The van der Waals surface area contributed by atoms with Crippen molar-refractivity contribution in [2.24, 2.45) is 0 Å². The maximum absolute atomic E-state index is 3.62. The lowest BCUT2D eigenvalue weighted by atomic mass is 10.4. The monoisotopic (exact) mass is 450 g/mol. The van der Waals surface area contributed by atoms with Crippen LogP contribution in [0.4, 0.5) is 0 Å². The van der Waals surface area contributed by atoms with Gasteiger partial charge in [-0.25, -0.2) is 0 Å². The zero-order valence-corrected chi connectivity index (χ0v) is 15.0. The van der Waals surface area contributed by atoms with Gasteiger partial charge in [-0.05, 0) is 17.5 Å². The fourth-order valence-corrected chi connectivity index (χ4v) is 1.10. The van der Waals surface area contributed by atoms with Crippen LogP contribution in [-0.2, 0) is 0 Å². The summed E-state index contributed by atoms with van der Waals surface area (Å²) in [6.07, 6.45) is 0. The molecule has 0 saturated heterocycles. The van der Waals surface area contributed by atoms with E-state index in [-0.39, 0.29) is 0 Å². The van der Waals surface area contributed by atoms with Crippen LogP contribution >= 0.6 is 49.0 Å². The smallest absolute Gasteiger partial charge is 0.0116 e. The summed E-state index contributed by atoms with van der Waals surface area (Å²) < 4.78 is 0. The Bertz CT molecular complexity index is 188. The molecule has 0 unspecified atom stereocenters. The normalized spacial score (nSPS) is 6.53. The summed E-state index contributed by atoms with van der Waals surface area (Å²) in [5.41, 5.74) is 0. The molecule has 88 valence electrons. The van der Waals surface area contributed by atoms with Crippen LogP contribution < -0.4 is 0 Å². The second kappa shape index (κ2) is 24.1. The van der Waals surface area contributed by atoms with E-state index in [2.05, 4.69) is 55.9 Å². The molecule has 0 aliphatic rings. The van der Waals surface area contributed by atoms with E-state index >= 15 is 0 Å². The van der Waals surface area contributed by atoms with Crippen LogP contribution in [0.3, 0.4) is 0 Å². The van der Waals surface area contributed by atoms with E-state index in [4.69, 9.17) is 0 Å². The van der Waals surface area contributed by atoms with Crippen molar-refractivity contribution < 1.29 is 0 Å². The second-order valence-electron chi connectivity index (χ2n) is 1.60. The minimum Gasteiger partial charge on any atom is -0.0987 e. The van der Waals surface area contributed by atoms with Crippen LogP contribution in [0.15, 0.2) is 47.2 Å². The summed E-state index contributed by atoms with van der Waals surface area (Å²) in [6.45, 7) is 11.6. The van der Waals surface area contributed by atoms with E-state index in [1.807, 2.05) is 51.3 Å². The summed E-state index contributed by atoms with van der Waals surface area (Å²) >= 11 is 5.88. The summed E-state index contributed by atoms with van der Waals surface area (Å²) in [5, 5.41) is 1.83. The lowest BCUT2D eigenvalue weighted by molar-refractivity contribution is 1.47. The van der Waals surface area contributed by atoms with Gasteiger partial charge in [0.05, 0.1) is 0 Å². The molecule has 0 radical (unpaired) electrons. The van der Waals surface area contributed by atoms with Gasteiger partial charge < -0.3 is 0 Å². The molecule has 15 heavy (non-hydrogen) atoms. The standard InChI is InChI=1S/C8H8S.2C2H6.I2/c1-2-9-8-6-4-3-5-7-8;3*1-2/h2-7H,1H2;2*1-2H3;. The van der Waals surface area contributed by atoms with E-state index in [9.17, 15) is 0 Å². The molecule has 1 aromatic rings. The molecule has 0 aliphatic heterocycles. The first kappa shape index (κ1) is 21.1. The molecule has 1 rings (SSSR count). The zero-order chi connectivity index (χ0) is 12.5. The summed E-state index contributed by atoms with van der Waals surface area (Å²) in [4.78, 5) is 1.24. The Morgan fingerprint density at radius 3 is 1.73 bits per heavy atom. The molecule has 0 bridgehead atoms. The Morgan fingerprint density at radius 2 is 1.40 bits per heavy atom. The first-order chi connectivity index (χ1) is 7.43. The van der Waals surface area contributed by atoms with Crippen LogP contribution in [0.2, 0.25) is 0 Å².